The van der Waals surface area contributed by atoms with E-state index < -0.39 is 41.1 Å². The fraction of sp³-hybridized carbons (Fsp3) is 0.733. The van der Waals surface area contributed by atoms with E-state index in [1.807, 2.05) is 6.92 Å². The fourth-order valence-electron chi connectivity index (χ4n) is 4.16. The van der Waals surface area contributed by atoms with Gasteiger partial charge in [0, 0.05) is 5.92 Å². The van der Waals surface area contributed by atoms with Crippen molar-refractivity contribution >= 4 is 11.8 Å². The number of hydrogen-bond donors (Lipinski definition) is 2. The number of ketones is 1. The predicted molar refractivity (Wildman–Crippen MR) is 70.9 cm³/mol. The smallest absolute Gasteiger partial charge is 0.335 e. The lowest BCUT2D eigenvalue weighted by Gasteiger charge is -2.48. The van der Waals surface area contributed by atoms with Gasteiger partial charge in [-0.3, -0.25) is 4.79 Å². The maximum atomic E-state index is 12.2. The first-order valence-electron chi connectivity index (χ1n) is 7.18. The molecule has 0 bridgehead atoms. The third-order valence-corrected chi connectivity index (χ3v) is 5.35. The minimum Gasteiger partial charge on any atom is -0.463 e. The zero-order valence-corrected chi connectivity index (χ0v) is 12.3. The number of aliphatic hydroxyl groups is 2. The predicted octanol–water partition coefficient (Wildman–Crippen LogP) is 0.169. The molecule has 6 unspecified atom stereocenters. The van der Waals surface area contributed by atoms with Gasteiger partial charge in [0.1, 0.15) is 6.10 Å². The van der Waals surface area contributed by atoms with Crippen LogP contribution in [-0.2, 0) is 19.1 Å². The van der Waals surface area contributed by atoms with E-state index in [-0.39, 0.29) is 18.9 Å². The second kappa shape index (κ2) is 4.38. The van der Waals surface area contributed by atoms with E-state index in [1.165, 1.54) is 6.92 Å². The van der Waals surface area contributed by atoms with E-state index >= 15 is 0 Å². The monoisotopic (exact) mass is 296 g/mol. The Labute approximate surface area is 122 Å². The molecule has 2 saturated heterocycles. The van der Waals surface area contributed by atoms with Crippen LogP contribution in [0.2, 0.25) is 0 Å². The Bertz CT molecular complexity index is 536. The Kier molecular flexibility index (Phi) is 3.06. The summed E-state index contributed by atoms with van der Waals surface area (Å²) >= 11 is 0. The number of cyclic esters (lactones) is 1. The Hall–Kier alpha value is -1.24. The van der Waals surface area contributed by atoms with Crippen molar-refractivity contribution in [3.05, 3.63) is 11.6 Å². The summed E-state index contributed by atoms with van der Waals surface area (Å²) in [6.07, 6.45) is -0.335. The second-order valence-electron chi connectivity index (χ2n) is 6.55. The van der Waals surface area contributed by atoms with Gasteiger partial charge in [-0.25, -0.2) is 4.79 Å². The van der Waals surface area contributed by atoms with Gasteiger partial charge in [-0.15, -0.1) is 0 Å². The summed E-state index contributed by atoms with van der Waals surface area (Å²) in [5.74, 6) is -3.31. The first-order valence-corrected chi connectivity index (χ1v) is 7.18. The Morgan fingerprint density at radius 1 is 1.38 bits per heavy atom. The number of aliphatic hydroxyl groups excluding tert-OH is 1. The van der Waals surface area contributed by atoms with Crippen molar-refractivity contribution in [1.29, 1.82) is 0 Å². The van der Waals surface area contributed by atoms with Crippen LogP contribution in [0.15, 0.2) is 11.6 Å². The van der Waals surface area contributed by atoms with Crippen LogP contribution in [0.4, 0.5) is 0 Å². The van der Waals surface area contributed by atoms with E-state index in [4.69, 9.17) is 9.47 Å². The summed E-state index contributed by atoms with van der Waals surface area (Å²) in [5.41, 5.74) is -0.744. The molecule has 0 aromatic rings. The Morgan fingerprint density at radius 2 is 2.05 bits per heavy atom. The topological polar surface area (TPSA) is 93.1 Å². The molecule has 0 aromatic heterocycles. The molecular weight excluding hydrogens is 276 g/mol. The first kappa shape index (κ1) is 14.7. The summed E-state index contributed by atoms with van der Waals surface area (Å²) in [5, 5.41) is 21.3. The number of ether oxygens (including phenoxy) is 2. The number of carbonyl (C=O) groups is 2. The van der Waals surface area contributed by atoms with Gasteiger partial charge in [0.2, 0.25) is 0 Å². The average molecular weight is 296 g/mol. The van der Waals surface area contributed by atoms with Crippen LogP contribution in [0.25, 0.3) is 0 Å². The van der Waals surface area contributed by atoms with Crippen LogP contribution >= 0.6 is 0 Å². The molecule has 6 heteroatoms. The third-order valence-electron chi connectivity index (χ3n) is 5.35. The van der Waals surface area contributed by atoms with Crippen LogP contribution in [0, 0.1) is 17.3 Å². The molecule has 116 valence electrons. The highest BCUT2D eigenvalue weighted by Crippen LogP contribution is 2.59. The molecule has 0 saturated carbocycles. The van der Waals surface area contributed by atoms with Gasteiger partial charge in [-0.2, -0.15) is 0 Å². The van der Waals surface area contributed by atoms with Crippen molar-refractivity contribution in [3.8, 4) is 0 Å². The van der Waals surface area contributed by atoms with E-state index in [1.54, 1.807) is 13.0 Å². The number of fused-ring (bicyclic) bond motifs is 2. The van der Waals surface area contributed by atoms with Gasteiger partial charge in [-0.1, -0.05) is 13.0 Å². The molecule has 6 atom stereocenters. The van der Waals surface area contributed by atoms with E-state index in [0.717, 1.165) is 0 Å². The fourth-order valence-corrected chi connectivity index (χ4v) is 4.16. The highest BCUT2D eigenvalue weighted by Gasteiger charge is 2.71. The molecule has 1 aliphatic carbocycles. The lowest BCUT2D eigenvalue weighted by Crippen LogP contribution is -2.60. The zero-order valence-electron chi connectivity index (χ0n) is 12.3. The molecule has 2 aliphatic heterocycles. The van der Waals surface area contributed by atoms with Gasteiger partial charge in [0.15, 0.2) is 17.7 Å². The van der Waals surface area contributed by atoms with E-state index in [0.29, 0.717) is 5.57 Å². The minimum atomic E-state index is -1.77. The standard InChI is InChI=1S/C15H20O6/c1-7-4-5-15(12(17)10(7)16)9-8(2)6-20-13(18)11(9)21-14(15,3)19/h4,8-9,11-12,17,19H,5-6H2,1-3H3. The van der Waals surface area contributed by atoms with Crippen molar-refractivity contribution in [1.82, 2.24) is 0 Å². The molecule has 2 fully saturated rings. The van der Waals surface area contributed by atoms with Crippen molar-refractivity contribution in [3.63, 3.8) is 0 Å². The van der Waals surface area contributed by atoms with E-state index in [2.05, 4.69) is 0 Å². The number of esters is 1. The molecule has 3 rings (SSSR count). The average Bonchev–Trinajstić information content (AvgIpc) is 2.66. The first-order chi connectivity index (χ1) is 9.72. The number of hydrogen-bond acceptors (Lipinski definition) is 6. The van der Waals surface area contributed by atoms with Gasteiger partial charge in [0.25, 0.3) is 0 Å². The molecular formula is C15H20O6. The molecule has 0 radical (unpaired) electrons. The maximum Gasteiger partial charge on any atom is 0.335 e. The highest BCUT2D eigenvalue weighted by atomic mass is 16.7. The minimum absolute atomic E-state index is 0.115. The normalized spacial score (nSPS) is 49.9. The second-order valence-corrected chi connectivity index (χ2v) is 6.55. The summed E-state index contributed by atoms with van der Waals surface area (Å²) in [6, 6.07) is 0. The molecule has 2 N–H and O–H groups in total. The largest absolute Gasteiger partial charge is 0.463 e. The van der Waals surface area contributed by atoms with Crippen LogP contribution in [0.3, 0.4) is 0 Å². The van der Waals surface area contributed by atoms with Crippen molar-refractivity contribution in [2.75, 3.05) is 6.61 Å². The highest BCUT2D eigenvalue weighted by molar-refractivity contribution is 6.00. The summed E-state index contributed by atoms with van der Waals surface area (Å²) < 4.78 is 10.6. The number of allylic oxidation sites excluding steroid dienone is 1. The lowest BCUT2D eigenvalue weighted by molar-refractivity contribution is -0.247. The number of carbonyl (C=O) groups excluding carboxylic acids is 2. The van der Waals surface area contributed by atoms with Crippen LogP contribution in [0.5, 0.6) is 0 Å². The molecule has 21 heavy (non-hydrogen) atoms. The van der Waals surface area contributed by atoms with Gasteiger partial charge < -0.3 is 19.7 Å². The molecule has 3 aliphatic rings. The lowest BCUT2D eigenvalue weighted by atomic mass is 9.57. The van der Waals surface area contributed by atoms with Crippen molar-refractivity contribution in [2.45, 2.75) is 45.2 Å². The Morgan fingerprint density at radius 3 is 2.71 bits per heavy atom. The molecule has 6 nitrogen and oxygen atoms in total. The van der Waals surface area contributed by atoms with Crippen LogP contribution in [-0.4, -0.2) is 46.6 Å². The third kappa shape index (κ3) is 1.69. The SMILES string of the molecule is CC1=CCC2(C(O)C1=O)C1C(C)COC(=O)C1OC2(C)O. The summed E-state index contributed by atoms with van der Waals surface area (Å²) in [4.78, 5) is 24.2. The quantitative estimate of drug-likeness (QED) is 0.619. The van der Waals surface area contributed by atoms with Gasteiger partial charge >= 0.3 is 5.97 Å². The molecule has 0 amide bonds. The van der Waals surface area contributed by atoms with Gasteiger partial charge in [-0.05, 0) is 31.8 Å². The maximum absolute atomic E-state index is 12.2. The molecule has 0 aromatic carbocycles. The van der Waals surface area contributed by atoms with Crippen molar-refractivity contribution in [2.24, 2.45) is 17.3 Å². The van der Waals surface area contributed by atoms with Crippen LogP contribution in [0.1, 0.15) is 27.2 Å². The van der Waals surface area contributed by atoms with Crippen molar-refractivity contribution < 1.29 is 29.3 Å². The number of Topliss-reactive ketones (excluding diaryl/α,β-unsaturated/α-hetero) is 1. The molecule has 1 spiro atoms. The summed E-state index contributed by atoms with van der Waals surface area (Å²) in [6.45, 7) is 5.12. The summed E-state index contributed by atoms with van der Waals surface area (Å²) in [7, 11) is 0. The zero-order chi connectivity index (χ0) is 15.6. The van der Waals surface area contributed by atoms with E-state index in [9.17, 15) is 19.8 Å². The van der Waals surface area contributed by atoms with Crippen LogP contribution < -0.4 is 0 Å². The van der Waals surface area contributed by atoms with Gasteiger partial charge in [0.05, 0.1) is 12.0 Å². The molecule has 2 heterocycles. The Balaban J connectivity index is 2.15. The number of rotatable bonds is 0.